The highest BCUT2D eigenvalue weighted by molar-refractivity contribution is 5.95. The molecule has 1 aromatic rings. The number of nitrogens with zero attached hydrogens (tertiary/aromatic N) is 2. The smallest absolute Gasteiger partial charge is 0.261 e. The van der Waals surface area contributed by atoms with Crippen LogP contribution in [0.4, 0.5) is 27.6 Å². The molecule has 0 radical (unpaired) electrons. The Morgan fingerprint density at radius 2 is 2.00 bits per heavy atom. The molecule has 1 N–H and O–H groups in total. The normalized spacial score (nSPS) is 14.9. The van der Waals surface area contributed by atoms with Gasteiger partial charge in [0.1, 0.15) is 24.4 Å². The van der Waals surface area contributed by atoms with Gasteiger partial charge in [-0.05, 0) is 11.6 Å². The lowest BCUT2D eigenvalue weighted by atomic mass is 10.0. The van der Waals surface area contributed by atoms with Crippen molar-refractivity contribution in [2.75, 3.05) is 24.7 Å². The first-order valence-corrected chi connectivity index (χ1v) is 6.83. The van der Waals surface area contributed by atoms with Gasteiger partial charge in [0.15, 0.2) is 0 Å². The summed E-state index contributed by atoms with van der Waals surface area (Å²) in [5.74, 6) is -3.37. The van der Waals surface area contributed by atoms with Crippen LogP contribution in [-0.2, 0) is 0 Å². The van der Waals surface area contributed by atoms with Crippen molar-refractivity contribution in [3.05, 3.63) is 41.0 Å². The minimum absolute atomic E-state index is 0.116. The Hall–Kier alpha value is -2.63. The first kappa shape index (κ1) is 17.7. The fraction of sp³-hybridized carbons (Fsp3) is 0.333. The molecule has 1 unspecified atom stereocenters. The molecule has 0 aliphatic carbocycles. The standard InChI is InChI=1S/C15H12F5N3O/c16-5-12(14(19)20)22-15(24)9-3-11(18)13(4-10(9)17)23-6-8(7-23)1-2-21/h1,3-4,12,14H,5-7H2,(H,22,24). The maximum atomic E-state index is 14.1. The molecular weight excluding hydrogens is 333 g/mol. The second-order valence-corrected chi connectivity index (χ2v) is 5.14. The summed E-state index contributed by atoms with van der Waals surface area (Å²) in [5, 5.41) is 10.1. The van der Waals surface area contributed by atoms with Crippen molar-refractivity contribution in [1.82, 2.24) is 5.32 Å². The lowest BCUT2D eigenvalue weighted by molar-refractivity contribution is 0.0678. The third-order valence-electron chi connectivity index (χ3n) is 3.47. The van der Waals surface area contributed by atoms with Gasteiger partial charge < -0.3 is 10.2 Å². The summed E-state index contributed by atoms with van der Waals surface area (Å²) in [6, 6.07) is 1.07. The van der Waals surface area contributed by atoms with Crippen molar-refractivity contribution < 1.29 is 26.7 Å². The van der Waals surface area contributed by atoms with Crippen molar-refractivity contribution in [3.8, 4) is 6.07 Å². The number of carbonyl (C=O) groups excluding carboxylic acids is 1. The Balaban J connectivity index is 2.17. The number of rotatable bonds is 5. The van der Waals surface area contributed by atoms with Gasteiger partial charge in [0, 0.05) is 25.2 Å². The number of allylic oxidation sites excluding steroid dienone is 1. The van der Waals surface area contributed by atoms with Gasteiger partial charge in [-0.1, -0.05) is 0 Å². The number of alkyl halides is 3. The van der Waals surface area contributed by atoms with E-state index >= 15 is 0 Å². The van der Waals surface area contributed by atoms with Crippen LogP contribution in [-0.4, -0.2) is 38.1 Å². The average Bonchev–Trinajstić information content (AvgIpc) is 2.49. The Morgan fingerprint density at radius 1 is 1.33 bits per heavy atom. The topological polar surface area (TPSA) is 56.1 Å². The lowest BCUT2D eigenvalue weighted by Crippen LogP contribution is -2.42. The molecule has 1 saturated heterocycles. The first-order valence-electron chi connectivity index (χ1n) is 6.83. The van der Waals surface area contributed by atoms with E-state index in [0.29, 0.717) is 6.07 Å². The average molecular weight is 345 g/mol. The maximum absolute atomic E-state index is 14.1. The van der Waals surface area contributed by atoms with Crippen LogP contribution in [0, 0.1) is 23.0 Å². The van der Waals surface area contributed by atoms with Gasteiger partial charge in [0.05, 0.1) is 17.3 Å². The number of hydrogen-bond acceptors (Lipinski definition) is 3. The van der Waals surface area contributed by atoms with Crippen molar-refractivity contribution >= 4 is 11.6 Å². The van der Waals surface area contributed by atoms with Crippen LogP contribution >= 0.6 is 0 Å². The zero-order valence-corrected chi connectivity index (χ0v) is 12.2. The molecule has 0 saturated carbocycles. The Labute approximate surface area is 134 Å². The molecule has 24 heavy (non-hydrogen) atoms. The van der Waals surface area contributed by atoms with Crippen LogP contribution in [0.3, 0.4) is 0 Å². The Kier molecular flexibility index (Phi) is 5.39. The maximum Gasteiger partial charge on any atom is 0.261 e. The highest BCUT2D eigenvalue weighted by Crippen LogP contribution is 2.29. The number of anilines is 1. The molecule has 128 valence electrons. The largest absolute Gasteiger partial charge is 0.361 e. The number of amides is 1. The quantitative estimate of drug-likeness (QED) is 0.659. The number of carbonyl (C=O) groups is 1. The van der Waals surface area contributed by atoms with Gasteiger partial charge in [0.25, 0.3) is 12.3 Å². The lowest BCUT2D eigenvalue weighted by Gasteiger charge is -2.35. The van der Waals surface area contributed by atoms with Gasteiger partial charge in [-0.2, -0.15) is 5.26 Å². The van der Waals surface area contributed by atoms with E-state index in [-0.39, 0.29) is 18.8 Å². The molecule has 4 nitrogen and oxygen atoms in total. The zero-order valence-electron chi connectivity index (χ0n) is 12.2. The molecular formula is C15H12F5N3O. The highest BCUT2D eigenvalue weighted by atomic mass is 19.3. The summed E-state index contributed by atoms with van der Waals surface area (Å²) in [7, 11) is 0. The second-order valence-electron chi connectivity index (χ2n) is 5.14. The molecule has 0 bridgehead atoms. The van der Waals surface area contributed by atoms with Crippen LogP contribution < -0.4 is 10.2 Å². The van der Waals surface area contributed by atoms with E-state index in [2.05, 4.69) is 0 Å². The summed E-state index contributed by atoms with van der Waals surface area (Å²) in [4.78, 5) is 13.2. The summed E-state index contributed by atoms with van der Waals surface area (Å²) < 4.78 is 65.3. The van der Waals surface area contributed by atoms with E-state index in [1.54, 1.807) is 5.32 Å². The fourth-order valence-electron chi connectivity index (χ4n) is 2.16. The molecule has 2 rings (SSSR count). The van der Waals surface area contributed by atoms with Crippen molar-refractivity contribution in [2.24, 2.45) is 0 Å². The summed E-state index contributed by atoms with van der Waals surface area (Å²) in [5.41, 5.74) is -0.166. The van der Waals surface area contributed by atoms with E-state index in [9.17, 15) is 26.7 Å². The van der Waals surface area contributed by atoms with Crippen LogP contribution in [0.15, 0.2) is 23.8 Å². The Morgan fingerprint density at radius 3 is 2.54 bits per heavy atom. The van der Waals surface area contributed by atoms with Crippen molar-refractivity contribution in [1.29, 1.82) is 5.26 Å². The molecule has 0 spiro atoms. The van der Waals surface area contributed by atoms with Gasteiger partial charge in [-0.15, -0.1) is 0 Å². The molecule has 9 heteroatoms. The predicted molar refractivity (Wildman–Crippen MR) is 75.5 cm³/mol. The van der Waals surface area contributed by atoms with Gasteiger partial charge in [-0.3, -0.25) is 4.79 Å². The molecule has 0 aromatic heterocycles. The molecule has 1 aliphatic heterocycles. The third-order valence-corrected chi connectivity index (χ3v) is 3.47. The molecule has 1 heterocycles. The second kappa shape index (κ2) is 7.29. The number of benzene rings is 1. The molecule has 1 atom stereocenters. The molecule has 1 amide bonds. The summed E-state index contributed by atoms with van der Waals surface area (Å²) in [6.45, 7) is -1.05. The van der Waals surface area contributed by atoms with E-state index < -0.39 is 42.2 Å². The van der Waals surface area contributed by atoms with E-state index in [0.717, 1.165) is 11.6 Å². The van der Waals surface area contributed by atoms with E-state index in [4.69, 9.17) is 5.26 Å². The number of nitrogens with one attached hydrogen (secondary N) is 1. The van der Waals surface area contributed by atoms with E-state index in [1.807, 2.05) is 6.07 Å². The SMILES string of the molecule is N#CC=C1CN(c2cc(F)c(C(=O)NC(CF)C(F)F)cc2F)C1. The molecule has 1 aromatic carbocycles. The molecule has 1 fully saturated rings. The number of nitriles is 1. The first-order chi connectivity index (χ1) is 11.4. The van der Waals surface area contributed by atoms with E-state index in [1.165, 1.54) is 11.0 Å². The molecule has 1 aliphatic rings. The van der Waals surface area contributed by atoms with Crippen LogP contribution in [0.2, 0.25) is 0 Å². The Bertz CT molecular complexity index is 706. The number of halogens is 5. The fourth-order valence-corrected chi connectivity index (χ4v) is 2.16. The van der Waals surface area contributed by atoms with Crippen LogP contribution in [0.1, 0.15) is 10.4 Å². The minimum Gasteiger partial charge on any atom is -0.361 e. The number of hydrogen-bond donors (Lipinski definition) is 1. The van der Waals surface area contributed by atoms with Gasteiger partial charge in [-0.25, -0.2) is 22.0 Å². The van der Waals surface area contributed by atoms with Gasteiger partial charge in [0.2, 0.25) is 0 Å². The minimum atomic E-state index is -3.17. The van der Waals surface area contributed by atoms with Crippen molar-refractivity contribution in [3.63, 3.8) is 0 Å². The third kappa shape index (κ3) is 3.64. The summed E-state index contributed by atoms with van der Waals surface area (Å²) in [6.07, 6.45) is -1.87. The highest BCUT2D eigenvalue weighted by Gasteiger charge is 2.28. The van der Waals surface area contributed by atoms with Gasteiger partial charge >= 0.3 is 0 Å². The van der Waals surface area contributed by atoms with Crippen molar-refractivity contribution in [2.45, 2.75) is 12.5 Å². The van der Waals surface area contributed by atoms with Crippen LogP contribution in [0.25, 0.3) is 0 Å². The zero-order chi connectivity index (χ0) is 17.9. The summed E-state index contributed by atoms with van der Waals surface area (Å²) >= 11 is 0. The predicted octanol–water partition coefficient (Wildman–Crippen LogP) is 2.57. The van der Waals surface area contributed by atoms with Crippen LogP contribution in [0.5, 0.6) is 0 Å². The monoisotopic (exact) mass is 345 g/mol.